The molecule has 5 rings (SSSR count). The highest BCUT2D eigenvalue weighted by molar-refractivity contribution is 5.84. The number of aromatic amines is 1. The molecule has 1 aliphatic rings. The molecule has 4 aromatic rings. The van der Waals surface area contributed by atoms with Crippen LogP contribution in [0.3, 0.4) is 0 Å². The number of hydrogen-bond acceptors (Lipinski definition) is 6. The molecule has 0 bridgehead atoms. The third kappa shape index (κ3) is 4.68. The number of amides is 1. The molecule has 3 N–H and O–H groups in total. The smallest absolute Gasteiger partial charge is 0.368 e. The number of fused-ring (bicyclic) bond motifs is 1. The number of nitrogens with one attached hydrogen (secondary N) is 1. The highest BCUT2D eigenvalue weighted by atomic mass is 19.4. The van der Waals surface area contributed by atoms with E-state index in [9.17, 15) is 22.8 Å². The average Bonchev–Trinajstić information content (AvgIpc) is 3.60. The fourth-order valence-corrected chi connectivity index (χ4v) is 4.66. The van der Waals surface area contributed by atoms with Crippen LogP contribution in [0.1, 0.15) is 37.3 Å². The molecule has 0 unspecified atom stereocenters. The minimum Gasteiger partial charge on any atom is -0.368 e. The van der Waals surface area contributed by atoms with Crippen LogP contribution in [0.5, 0.6) is 0 Å². The maximum Gasteiger partial charge on any atom is 0.416 e. The number of anilines is 1. The maximum absolute atomic E-state index is 13.4. The molecule has 0 saturated carbocycles. The lowest BCUT2D eigenvalue weighted by atomic mass is 10.1. The predicted octanol–water partition coefficient (Wildman–Crippen LogP) is 2.91. The van der Waals surface area contributed by atoms with Crippen LogP contribution >= 0.6 is 0 Å². The fourth-order valence-electron chi connectivity index (χ4n) is 4.66. The van der Waals surface area contributed by atoms with Crippen molar-refractivity contribution < 1.29 is 18.0 Å². The Morgan fingerprint density at radius 1 is 1.27 bits per heavy atom. The zero-order chi connectivity index (χ0) is 26.3. The molecular formula is C24H25F3N8O2. The van der Waals surface area contributed by atoms with E-state index in [1.807, 2.05) is 6.92 Å². The van der Waals surface area contributed by atoms with Gasteiger partial charge in [-0.05, 0) is 37.0 Å². The highest BCUT2D eigenvalue weighted by Gasteiger charge is 2.33. The van der Waals surface area contributed by atoms with Crippen molar-refractivity contribution >= 4 is 23.0 Å². The number of nitrogens with two attached hydrogens (primary N) is 1. The standard InChI is InChI=1S/C24H25F3N8O2/c1-2-8-35-22(37)18-21(32-23(35)34-9-4-7-17(34)19(28)36)31-20(30-18)15-11-29-33(13-15)12-14-5-3-6-16(10-14)24(25,26)27/h3,5-6,10-11,13,17H,2,4,7-9,12H2,1H3,(H2,28,36)(H,30,31)/t17-/m0/s1. The Morgan fingerprint density at radius 2 is 2.08 bits per heavy atom. The molecule has 0 aliphatic carbocycles. The van der Waals surface area contributed by atoms with E-state index < -0.39 is 23.7 Å². The molecule has 3 aromatic heterocycles. The zero-order valence-corrected chi connectivity index (χ0v) is 20.0. The van der Waals surface area contributed by atoms with Crippen LogP contribution in [0.15, 0.2) is 41.5 Å². The number of primary amides is 1. The molecule has 1 fully saturated rings. The van der Waals surface area contributed by atoms with Gasteiger partial charge in [0, 0.05) is 19.3 Å². The van der Waals surface area contributed by atoms with E-state index in [2.05, 4.69) is 20.1 Å². The van der Waals surface area contributed by atoms with Gasteiger partial charge in [0.15, 0.2) is 11.2 Å². The lowest BCUT2D eigenvalue weighted by Gasteiger charge is -2.25. The number of carbonyl (C=O) groups excluding carboxylic acids is 1. The van der Waals surface area contributed by atoms with Gasteiger partial charge in [0.1, 0.15) is 11.9 Å². The van der Waals surface area contributed by atoms with Gasteiger partial charge in [-0.15, -0.1) is 0 Å². The van der Waals surface area contributed by atoms with Crippen LogP contribution in [0.2, 0.25) is 0 Å². The molecule has 0 spiro atoms. The Labute approximate surface area is 208 Å². The summed E-state index contributed by atoms with van der Waals surface area (Å²) in [5.74, 6) is 0.243. The normalized spacial score (nSPS) is 16.1. The summed E-state index contributed by atoms with van der Waals surface area (Å²) in [5.41, 5.74) is 5.95. The number of carbonyl (C=O) groups is 1. The number of hydrogen-bond donors (Lipinski definition) is 2. The van der Waals surface area contributed by atoms with Crippen molar-refractivity contribution in [3.63, 3.8) is 0 Å². The van der Waals surface area contributed by atoms with Crippen molar-refractivity contribution in [2.75, 3.05) is 11.4 Å². The second-order valence-corrected chi connectivity index (χ2v) is 9.03. The van der Waals surface area contributed by atoms with E-state index in [-0.39, 0.29) is 23.3 Å². The number of H-pyrrole nitrogens is 1. The molecule has 13 heteroatoms. The third-order valence-corrected chi connectivity index (χ3v) is 6.38. The lowest BCUT2D eigenvalue weighted by Crippen LogP contribution is -2.43. The first-order chi connectivity index (χ1) is 17.7. The van der Waals surface area contributed by atoms with E-state index in [4.69, 9.17) is 5.73 Å². The first-order valence-electron chi connectivity index (χ1n) is 11.9. The molecule has 1 atom stereocenters. The monoisotopic (exact) mass is 514 g/mol. The summed E-state index contributed by atoms with van der Waals surface area (Å²) in [6.45, 7) is 3.02. The lowest BCUT2D eigenvalue weighted by molar-refractivity contribution is -0.137. The van der Waals surface area contributed by atoms with Gasteiger partial charge in [0.05, 0.1) is 23.9 Å². The van der Waals surface area contributed by atoms with Gasteiger partial charge in [-0.25, -0.2) is 4.98 Å². The molecule has 10 nitrogen and oxygen atoms in total. The number of alkyl halides is 3. The Morgan fingerprint density at radius 3 is 2.81 bits per heavy atom. The first-order valence-corrected chi connectivity index (χ1v) is 11.9. The maximum atomic E-state index is 13.4. The minimum absolute atomic E-state index is 0.124. The van der Waals surface area contributed by atoms with Crippen LogP contribution < -0.4 is 16.2 Å². The van der Waals surface area contributed by atoms with Crippen molar-refractivity contribution in [2.45, 2.75) is 51.5 Å². The van der Waals surface area contributed by atoms with Crippen molar-refractivity contribution in [1.29, 1.82) is 0 Å². The number of nitrogens with zero attached hydrogens (tertiary/aromatic N) is 6. The van der Waals surface area contributed by atoms with Crippen molar-refractivity contribution in [1.82, 2.24) is 29.3 Å². The van der Waals surface area contributed by atoms with E-state index >= 15 is 0 Å². The Hall–Kier alpha value is -4.16. The summed E-state index contributed by atoms with van der Waals surface area (Å²) in [4.78, 5) is 39.2. The number of halogens is 3. The van der Waals surface area contributed by atoms with E-state index in [0.29, 0.717) is 48.8 Å². The van der Waals surface area contributed by atoms with Gasteiger partial charge in [-0.1, -0.05) is 19.1 Å². The summed E-state index contributed by atoms with van der Waals surface area (Å²) in [5, 5.41) is 4.24. The van der Waals surface area contributed by atoms with Crippen LogP contribution in [0.25, 0.3) is 22.6 Å². The quantitative estimate of drug-likeness (QED) is 0.390. The van der Waals surface area contributed by atoms with Gasteiger partial charge >= 0.3 is 6.18 Å². The molecule has 1 saturated heterocycles. The summed E-state index contributed by atoms with van der Waals surface area (Å²) in [6, 6.07) is 4.52. The average molecular weight is 515 g/mol. The number of imidazole rings is 1. The Balaban J connectivity index is 1.49. The molecule has 0 radical (unpaired) electrons. The minimum atomic E-state index is -4.43. The molecule has 4 heterocycles. The highest BCUT2D eigenvalue weighted by Crippen LogP contribution is 2.30. The third-order valence-electron chi connectivity index (χ3n) is 6.38. The van der Waals surface area contributed by atoms with Gasteiger partial charge in [0.2, 0.25) is 11.9 Å². The van der Waals surface area contributed by atoms with Crippen LogP contribution in [0, 0.1) is 0 Å². The van der Waals surface area contributed by atoms with E-state index in [1.54, 1.807) is 17.2 Å². The van der Waals surface area contributed by atoms with Gasteiger partial charge in [-0.2, -0.15) is 23.3 Å². The molecule has 194 valence electrons. The Bertz CT molecular complexity index is 1520. The topological polar surface area (TPSA) is 128 Å². The number of rotatable bonds is 7. The van der Waals surface area contributed by atoms with Crippen LogP contribution in [0.4, 0.5) is 19.1 Å². The number of benzene rings is 1. The van der Waals surface area contributed by atoms with Crippen LogP contribution in [-0.2, 0) is 24.1 Å². The largest absolute Gasteiger partial charge is 0.416 e. The molecule has 37 heavy (non-hydrogen) atoms. The van der Waals surface area contributed by atoms with Gasteiger partial charge in [-0.3, -0.25) is 18.8 Å². The SMILES string of the molecule is CCCn1c(N2CCC[C@H]2C(N)=O)nc2nc(-c3cnn(Cc4cccc(C(F)(F)F)c4)c3)[nH]c2c1=O. The van der Waals surface area contributed by atoms with Gasteiger partial charge in [0.25, 0.3) is 5.56 Å². The first kappa shape index (κ1) is 24.5. The van der Waals surface area contributed by atoms with Crippen molar-refractivity contribution in [3.05, 3.63) is 58.1 Å². The molecule has 1 amide bonds. The zero-order valence-electron chi connectivity index (χ0n) is 20.0. The predicted molar refractivity (Wildman–Crippen MR) is 130 cm³/mol. The van der Waals surface area contributed by atoms with Crippen molar-refractivity contribution in [3.8, 4) is 11.4 Å². The Kier molecular flexibility index (Phi) is 6.21. The second-order valence-electron chi connectivity index (χ2n) is 9.03. The van der Waals surface area contributed by atoms with E-state index in [1.165, 1.54) is 21.5 Å². The molecule has 1 aliphatic heterocycles. The summed E-state index contributed by atoms with van der Waals surface area (Å²) in [7, 11) is 0. The molecule has 1 aromatic carbocycles. The van der Waals surface area contributed by atoms with E-state index in [0.717, 1.165) is 18.6 Å². The van der Waals surface area contributed by atoms with Crippen molar-refractivity contribution in [2.24, 2.45) is 5.73 Å². The second kappa shape index (κ2) is 9.37. The summed E-state index contributed by atoms with van der Waals surface area (Å²) >= 11 is 0. The van der Waals surface area contributed by atoms with Gasteiger partial charge < -0.3 is 15.6 Å². The fraction of sp³-hybridized carbons (Fsp3) is 0.375. The van der Waals surface area contributed by atoms with Crippen LogP contribution in [-0.4, -0.2) is 47.8 Å². The summed E-state index contributed by atoms with van der Waals surface area (Å²) < 4.78 is 42.1. The molecular weight excluding hydrogens is 489 g/mol. The summed E-state index contributed by atoms with van der Waals surface area (Å²) in [6.07, 6.45) is 0.741. The number of aromatic nitrogens is 6.